The number of aromatic nitrogens is 2. The number of hydrogen-bond acceptors (Lipinski definition) is 4. The lowest BCUT2D eigenvalue weighted by Gasteiger charge is -2.19. The summed E-state index contributed by atoms with van der Waals surface area (Å²) < 4.78 is 0. The predicted molar refractivity (Wildman–Crippen MR) is 102 cm³/mol. The first-order valence-corrected chi connectivity index (χ1v) is 9.69. The molecule has 24 heavy (non-hydrogen) atoms. The lowest BCUT2D eigenvalue weighted by molar-refractivity contribution is 0.905. The quantitative estimate of drug-likeness (QED) is 0.655. The van der Waals surface area contributed by atoms with Crippen molar-refractivity contribution < 1.29 is 0 Å². The molecule has 1 aliphatic rings. The van der Waals surface area contributed by atoms with E-state index in [2.05, 4.69) is 59.7 Å². The molecule has 3 aromatic rings. The summed E-state index contributed by atoms with van der Waals surface area (Å²) in [4.78, 5) is 13.4. The minimum Gasteiger partial charge on any atom is -0.356 e. The zero-order chi connectivity index (χ0) is 16.4. The lowest BCUT2D eigenvalue weighted by atomic mass is 10.1. The summed E-state index contributed by atoms with van der Waals surface area (Å²) in [7, 11) is 0. The van der Waals surface area contributed by atoms with Gasteiger partial charge >= 0.3 is 0 Å². The normalized spacial score (nSPS) is 14.5. The SMILES string of the molecule is CSc1cccc(Cc2nc(N3CCCC3)c3ccccc3n2)c1. The van der Waals surface area contributed by atoms with E-state index in [1.165, 1.54) is 28.7 Å². The van der Waals surface area contributed by atoms with Gasteiger partial charge in [-0.25, -0.2) is 9.97 Å². The third kappa shape index (κ3) is 3.11. The zero-order valence-electron chi connectivity index (χ0n) is 13.9. The van der Waals surface area contributed by atoms with E-state index in [-0.39, 0.29) is 0 Å². The van der Waals surface area contributed by atoms with Gasteiger partial charge in [-0.1, -0.05) is 24.3 Å². The molecule has 1 fully saturated rings. The maximum absolute atomic E-state index is 4.94. The van der Waals surface area contributed by atoms with Gasteiger partial charge in [0.2, 0.25) is 0 Å². The van der Waals surface area contributed by atoms with E-state index in [9.17, 15) is 0 Å². The molecule has 2 heterocycles. The third-order valence-electron chi connectivity index (χ3n) is 4.53. The lowest BCUT2D eigenvalue weighted by Crippen LogP contribution is -2.20. The molecule has 0 spiro atoms. The predicted octanol–water partition coefficient (Wildman–Crippen LogP) is 4.54. The van der Waals surface area contributed by atoms with Crippen LogP contribution in [0.3, 0.4) is 0 Å². The number of fused-ring (bicyclic) bond motifs is 1. The Kier molecular flexibility index (Phi) is 4.39. The maximum Gasteiger partial charge on any atom is 0.140 e. The van der Waals surface area contributed by atoms with Crippen molar-refractivity contribution in [2.45, 2.75) is 24.2 Å². The minimum absolute atomic E-state index is 0.778. The van der Waals surface area contributed by atoms with Gasteiger partial charge in [0.25, 0.3) is 0 Å². The molecule has 0 N–H and O–H groups in total. The van der Waals surface area contributed by atoms with Crippen molar-refractivity contribution in [2.75, 3.05) is 24.2 Å². The average molecular weight is 335 g/mol. The maximum atomic E-state index is 4.94. The molecule has 1 aliphatic heterocycles. The van der Waals surface area contributed by atoms with Crippen molar-refractivity contribution in [3.8, 4) is 0 Å². The van der Waals surface area contributed by atoms with Crippen LogP contribution >= 0.6 is 11.8 Å². The van der Waals surface area contributed by atoms with Crippen LogP contribution in [0.2, 0.25) is 0 Å². The van der Waals surface area contributed by atoms with Crippen molar-refractivity contribution in [2.24, 2.45) is 0 Å². The van der Waals surface area contributed by atoms with Gasteiger partial charge in [0, 0.05) is 29.8 Å². The molecule has 0 aliphatic carbocycles. The molecular formula is C20H21N3S. The molecule has 2 aromatic carbocycles. The number of nitrogens with zero attached hydrogens (tertiary/aromatic N) is 3. The molecule has 4 rings (SSSR count). The summed E-state index contributed by atoms with van der Waals surface area (Å²) in [6.45, 7) is 2.20. The first kappa shape index (κ1) is 15.5. The molecule has 122 valence electrons. The second kappa shape index (κ2) is 6.81. The molecule has 3 nitrogen and oxygen atoms in total. The highest BCUT2D eigenvalue weighted by molar-refractivity contribution is 7.98. The van der Waals surface area contributed by atoms with E-state index in [4.69, 9.17) is 9.97 Å². The van der Waals surface area contributed by atoms with Crippen LogP contribution in [-0.4, -0.2) is 29.3 Å². The Labute approximate surface area is 147 Å². The largest absolute Gasteiger partial charge is 0.356 e. The van der Waals surface area contributed by atoms with E-state index in [0.717, 1.165) is 36.7 Å². The highest BCUT2D eigenvalue weighted by atomic mass is 32.2. The Morgan fingerprint density at radius 1 is 1.00 bits per heavy atom. The van der Waals surface area contributed by atoms with Gasteiger partial charge in [-0.3, -0.25) is 0 Å². The van der Waals surface area contributed by atoms with Gasteiger partial charge in [-0.15, -0.1) is 11.8 Å². The summed E-state index contributed by atoms with van der Waals surface area (Å²) in [5, 5.41) is 1.17. The van der Waals surface area contributed by atoms with Crippen LogP contribution in [-0.2, 0) is 6.42 Å². The number of anilines is 1. The van der Waals surface area contributed by atoms with E-state index in [1.54, 1.807) is 11.8 Å². The molecule has 0 unspecified atom stereocenters. The number of para-hydroxylation sites is 1. The fourth-order valence-corrected chi connectivity index (χ4v) is 3.80. The molecular weight excluding hydrogens is 314 g/mol. The summed E-state index contributed by atoms with van der Waals surface area (Å²) in [5.41, 5.74) is 2.31. The summed E-state index contributed by atoms with van der Waals surface area (Å²) in [5.74, 6) is 2.02. The van der Waals surface area contributed by atoms with Crippen LogP contribution in [0.4, 0.5) is 5.82 Å². The zero-order valence-corrected chi connectivity index (χ0v) is 14.7. The van der Waals surface area contributed by atoms with E-state index < -0.39 is 0 Å². The Balaban J connectivity index is 1.75. The van der Waals surface area contributed by atoms with Gasteiger partial charge in [-0.2, -0.15) is 0 Å². The first-order chi connectivity index (χ1) is 11.8. The molecule has 0 amide bonds. The number of rotatable bonds is 4. The Morgan fingerprint density at radius 2 is 1.83 bits per heavy atom. The van der Waals surface area contributed by atoms with Crippen LogP contribution in [0.1, 0.15) is 24.2 Å². The number of hydrogen-bond donors (Lipinski definition) is 0. The van der Waals surface area contributed by atoms with Crippen LogP contribution in [0, 0.1) is 0 Å². The van der Waals surface area contributed by atoms with Crippen molar-refractivity contribution in [1.82, 2.24) is 9.97 Å². The molecule has 1 saturated heterocycles. The molecule has 0 saturated carbocycles. The van der Waals surface area contributed by atoms with Gasteiger partial charge in [0.15, 0.2) is 0 Å². The topological polar surface area (TPSA) is 29.0 Å². The average Bonchev–Trinajstić information content (AvgIpc) is 3.16. The number of benzene rings is 2. The Hall–Kier alpha value is -2.07. The third-order valence-corrected chi connectivity index (χ3v) is 5.26. The Bertz CT molecular complexity index is 856. The smallest absolute Gasteiger partial charge is 0.140 e. The monoisotopic (exact) mass is 335 g/mol. The van der Waals surface area contributed by atoms with Crippen molar-refractivity contribution in [3.63, 3.8) is 0 Å². The van der Waals surface area contributed by atoms with E-state index in [0.29, 0.717) is 0 Å². The summed E-state index contributed by atoms with van der Waals surface area (Å²) in [6.07, 6.45) is 5.39. The fourth-order valence-electron chi connectivity index (χ4n) is 3.32. The fraction of sp³-hybridized carbons (Fsp3) is 0.300. The van der Waals surface area contributed by atoms with Crippen molar-refractivity contribution in [3.05, 3.63) is 59.9 Å². The molecule has 0 bridgehead atoms. The second-order valence-corrected chi connectivity index (χ2v) is 7.08. The molecule has 4 heteroatoms. The highest BCUT2D eigenvalue weighted by Crippen LogP contribution is 2.27. The van der Waals surface area contributed by atoms with Gasteiger partial charge in [-0.05, 0) is 48.9 Å². The van der Waals surface area contributed by atoms with Crippen LogP contribution in [0.5, 0.6) is 0 Å². The van der Waals surface area contributed by atoms with Crippen molar-refractivity contribution in [1.29, 1.82) is 0 Å². The van der Waals surface area contributed by atoms with Crippen LogP contribution < -0.4 is 4.90 Å². The van der Waals surface area contributed by atoms with E-state index >= 15 is 0 Å². The van der Waals surface area contributed by atoms with Gasteiger partial charge < -0.3 is 4.90 Å². The molecule has 0 atom stereocenters. The molecule has 1 aromatic heterocycles. The summed E-state index contributed by atoms with van der Waals surface area (Å²) in [6, 6.07) is 17.0. The van der Waals surface area contributed by atoms with Gasteiger partial charge in [0.05, 0.1) is 5.52 Å². The van der Waals surface area contributed by atoms with Crippen LogP contribution in [0.15, 0.2) is 53.4 Å². The first-order valence-electron chi connectivity index (χ1n) is 8.47. The van der Waals surface area contributed by atoms with E-state index in [1.807, 2.05) is 0 Å². The second-order valence-electron chi connectivity index (χ2n) is 6.20. The van der Waals surface area contributed by atoms with Crippen LogP contribution in [0.25, 0.3) is 10.9 Å². The Morgan fingerprint density at radius 3 is 2.67 bits per heavy atom. The molecule has 0 radical (unpaired) electrons. The minimum atomic E-state index is 0.778. The highest BCUT2D eigenvalue weighted by Gasteiger charge is 2.18. The summed E-state index contributed by atoms with van der Waals surface area (Å²) >= 11 is 1.77. The van der Waals surface area contributed by atoms with Gasteiger partial charge in [0.1, 0.15) is 11.6 Å². The number of thioether (sulfide) groups is 1. The standard InChI is InChI=1S/C20H21N3S/c1-24-16-8-6-7-15(13-16)14-19-21-18-10-3-2-9-17(18)20(22-19)23-11-4-5-12-23/h2-3,6-10,13H,4-5,11-12,14H2,1H3. The van der Waals surface area contributed by atoms with Crippen molar-refractivity contribution >= 4 is 28.5 Å².